The highest BCUT2D eigenvalue weighted by Crippen LogP contribution is 2.66. The maximum Gasteiger partial charge on any atom is 0.490 e. The van der Waals surface area contributed by atoms with Gasteiger partial charge in [-0.3, -0.25) is 9.32 Å². The number of nitriles is 1. The van der Waals surface area contributed by atoms with Gasteiger partial charge in [0.05, 0.1) is 6.61 Å². The van der Waals surface area contributed by atoms with E-state index in [1.165, 1.54) is 0 Å². The van der Waals surface area contributed by atoms with Crippen molar-refractivity contribution in [2.75, 3.05) is 12.3 Å². The Morgan fingerprint density at radius 2 is 1.83 bits per heavy atom. The first-order valence-corrected chi connectivity index (χ1v) is 13.4. The zero-order valence-corrected chi connectivity index (χ0v) is 19.5. The first-order valence-electron chi connectivity index (χ1n) is 8.88. The van der Waals surface area contributed by atoms with Crippen molar-refractivity contribution in [3.63, 3.8) is 0 Å². The van der Waals surface area contributed by atoms with Gasteiger partial charge in [0.25, 0.3) is 5.56 Å². The lowest BCUT2D eigenvalue weighted by atomic mass is 9.90. The predicted octanol–water partition coefficient (Wildman–Crippen LogP) is -1.92. The number of ether oxygens (including phenoxy) is 1. The van der Waals surface area contributed by atoms with E-state index >= 15 is 0 Å². The van der Waals surface area contributed by atoms with Gasteiger partial charge in [-0.15, -0.1) is 0 Å². The number of phosphoric ester groups is 1. The molecule has 192 valence electrons. The smallest absolute Gasteiger partial charge is 0.387 e. The molecule has 0 bridgehead atoms. The predicted molar refractivity (Wildman–Crippen MR) is 109 cm³/mol. The van der Waals surface area contributed by atoms with Crippen LogP contribution in [0.15, 0.2) is 17.2 Å². The molecule has 1 aliphatic heterocycles. The van der Waals surface area contributed by atoms with E-state index in [9.17, 15) is 43.8 Å². The molecule has 2 aromatic rings. The summed E-state index contributed by atoms with van der Waals surface area (Å²) in [6.45, 7) is -1.17. The quantitative estimate of drug-likeness (QED) is 0.163. The van der Waals surface area contributed by atoms with Crippen molar-refractivity contribution < 1.29 is 61.4 Å². The van der Waals surface area contributed by atoms with Crippen molar-refractivity contribution in [3.05, 3.63) is 28.4 Å². The molecule has 3 rings (SSSR count). The van der Waals surface area contributed by atoms with E-state index in [0.29, 0.717) is 0 Å². The van der Waals surface area contributed by atoms with Crippen LogP contribution in [0.5, 0.6) is 0 Å². The van der Waals surface area contributed by atoms with E-state index < -0.39 is 65.2 Å². The van der Waals surface area contributed by atoms with Gasteiger partial charge in [0, 0.05) is 5.39 Å². The Bertz CT molecular complexity index is 1390. The third-order valence-electron chi connectivity index (χ3n) is 4.45. The van der Waals surface area contributed by atoms with Gasteiger partial charge in [-0.2, -0.15) is 13.9 Å². The number of nitrogens with one attached hydrogen (secondary N) is 1. The third-order valence-corrected chi connectivity index (χ3v) is 8.25. The van der Waals surface area contributed by atoms with Crippen molar-refractivity contribution in [2.24, 2.45) is 0 Å². The number of fused-ring (bicyclic) bond motifs is 1. The largest absolute Gasteiger partial charge is 0.490 e. The first kappa shape index (κ1) is 27.5. The minimum Gasteiger partial charge on any atom is -0.387 e. The van der Waals surface area contributed by atoms with Crippen LogP contribution < -0.4 is 11.3 Å². The molecule has 6 atom stereocenters. The van der Waals surface area contributed by atoms with Gasteiger partial charge in [-0.05, 0) is 6.07 Å². The third kappa shape index (κ3) is 5.82. The minimum atomic E-state index is -5.81. The molecule has 3 heterocycles. The number of aliphatic hydroxyl groups is 2. The summed E-state index contributed by atoms with van der Waals surface area (Å²) in [6.07, 6.45) is -4.99. The highest BCUT2D eigenvalue weighted by molar-refractivity contribution is 7.66. The number of nitrogen functional groups attached to an aromatic ring is 1. The van der Waals surface area contributed by atoms with Crippen LogP contribution in [0.3, 0.4) is 0 Å². The number of pyridine rings is 1. The fourth-order valence-corrected chi connectivity index (χ4v) is 6.19. The fourth-order valence-electron chi connectivity index (χ4n) is 3.16. The lowest BCUT2D eigenvalue weighted by Crippen LogP contribution is -2.41. The number of H-pyrrole nitrogens is 1. The number of aliphatic hydroxyl groups excluding tert-OH is 2. The number of anilines is 1. The van der Waals surface area contributed by atoms with Crippen LogP contribution in [0.2, 0.25) is 0 Å². The summed E-state index contributed by atoms with van der Waals surface area (Å²) in [7, 11) is -17.0. The molecule has 0 aliphatic carbocycles. The highest BCUT2D eigenvalue weighted by atomic mass is 31.3. The average molecular weight is 559 g/mol. The van der Waals surface area contributed by atoms with Crippen molar-refractivity contribution in [3.8, 4) is 6.07 Å². The first-order chi connectivity index (χ1) is 16.0. The van der Waals surface area contributed by atoms with E-state index in [4.69, 9.17) is 20.3 Å². The van der Waals surface area contributed by atoms with Gasteiger partial charge in [0.1, 0.15) is 47.7 Å². The second-order valence-corrected chi connectivity index (χ2v) is 11.3. The van der Waals surface area contributed by atoms with Crippen LogP contribution in [0.4, 0.5) is 5.82 Å². The molecule has 2 aromatic heterocycles. The number of hydrogen-bond acceptors (Lipinski definition) is 14. The Morgan fingerprint density at radius 3 is 2.43 bits per heavy atom. The molecule has 1 saturated heterocycles. The van der Waals surface area contributed by atoms with Crippen LogP contribution in [0, 0.1) is 11.3 Å². The lowest BCUT2D eigenvalue weighted by Gasteiger charge is -2.25. The molecular formula is C13H16N5O14P3. The van der Waals surface area contributed by atoms with Crippen molar-refractivity contribution in [1.82, 2.24) is 15.0 Å². The van der Waals surface area contributed by atoms with E-state index in [-0.39, 0.29) is 16.7 Å². The van der Waals surface area contributed by atoms with E-state index in [0.717, 1.165) is 12.4 Å². The standard InChI is InChI=1S/C13H16N5O14P3/c14-3-13(10-5-1-7(15)18-12(21)8(5)16-4-17-10)11(20)9(19)6(30-13)2-29-34(25,26)32-35(27,28)31-33(22,23)24/h1,4,6,9,11,19-20H,2H2,(H,25,26)(H,27,28)(H3,15,18,21)(H2,22,23,24)/t6-,9-,11-,13+/m1/s1. The molecule has 9 N–H and O–H groups in total. The van der Waals surface area contributed by atoms with Crippen LogP contribution in [-0.2, 0) is 37.2 Å². The van der Waals surface area contributed by atoms with Crippen molar-refractivity contribution in [2.45, 2.75) is 23.9 Å². The Morgan fingerprint density at radius 1 is 1.17 bits per heavy atom. The summed E-state index contributed by atoms with van der Waals surface area (Å²) < 4.78 is 50.9. The van der Waals surface area contributed by atoms with Crippen molar-refractivity contribution in [1.29, 1.82) is 5.26 Å². The Hall–Kier alpha value is -2.13. The maximum atomic E-state index is 12.1. The summed E-state index contributed by atoms with van der Waals surface area (Å²) in [5.41, 5.74) is 1.72. The van der Waals surface area contributed by atoms with Gasteiger partial charge in [0.15, 0.2) is 0 Å². The molecule has 35 heavy (non-hydrogen) atoms. The van der Waals surface area contributed by atoms with Gasteiger partial charge >= 0.3 is 23.5 Å². The van der Waals surface area contributed by atoms with E-state index in [2.05, 4.69) is 28.1 Å². The number of aromatic nitrogens is 3. The minimum absolute atomic E-state index is 0.130. The van der Waals surface area contributed by atoms with Gasteiger partial charge in [-0.1, -0.05) is 0 Å². The molecule has 0 spiro atoms. The molecule has 2 unspecified atom stereocenters. The molecule has 19 nitrogen and oxygen atoms in total. The second-order valence-electron chi connectivity index (χ2n) is 6.86. The van der Waals surface area contributed by atoms with Crippen LogP contribution in [-0.4, -0.2) is 69.7 Å². The molecule has 0 amide bonds. The SMILES string of the molecule is N#C[C@@]1(c2ncnc3c(=O)[nH]c(N)cc23)O[C@H](COP(=O)(O)OP(=O)(O)OP(=O)(O)O)[C@@H](O)[C@H]1O. The number of nitrogens with two attached hydrogens (primary N) is 1. The molecule has 0 saturated carbocycles. The number of aromatic amines is 1. The molecule has 0 radical (unpaired) electrons. The van der Waals surface area contributed by atoms with Crippen molar-refractivity contribution >= 4 is 40.2 Å². The summed E-state index contributed by atoms with van der Waals surface area (Å²) >= 11 is 0. The molecule has 22 heteroatoms. The topological polar surface area (TPSA) is 318 Å². The Balaban J connectivity index is 1.88. The summed E-state index contributed by atoms with van der Waals surface area (Å²) in [5.74, 6) is -0.163. The number of rotatable bonds is 8. The summed E-state index contributed by atoms with van der Waals surface area (Å²) in [4.78, 5) is 57.8. The summed E-state index contributed by atoms with van der Waals surface area (Å²) in [6, 6.07) is 2.77. The molecule has 1 fully saturated rings. The average Bonchev–Trinajstić information content (AvgIpc) is 2.94. The Kier molecular flexibility index (Phi) is 7.37. The fraction of sp³-hybridized carbons (Fsp3) is 0.385. The van der Waals surface area contributed by atoms with Gasteiger partial charge in [0.2, 0.25) is 5.60 Å². The second kappa shape index (κ2) is 9.39. The van der Waals surface area contributed by atoms with E-state index in [1.807, 2.05) is 0 Å². The van der Waals surface area contributed by atoms with Gasteiger partial charge < -0.3 is 45.2 Å². The zero-order valence-electron chi connectivity index (χ0n) is 16.8. The van der Waals surface area contributed by atoms with Crippen LogP contribution in [0.1, 0.15) is 5.69 Å². The normalized spacial score (nSPS) is 28.3. The molecular weight excluding hydrogens is 543 g/mol. The van der Waals surface area contributed by atoms with E-state index in [1.54, 1.807) is 6.07 Å². The molecule has 1 aliphatic rings. The number of nitrogens with zero attached hydrogens (tertiary/aromatic N) is 3. The number of hydrogen-bond donors (Lipinski definition) is 8. The van der Waals surface area contributed by atoms with Crippen LogP contribution >= 0.6 is 23.5 Å². The summed E-state index contributed by atoms with van der Waals surface area (Å²) in [5, 5.41) is 30.6. The zero-order chi connectivity index (χ0) is 26.4. The monoisotopic (exact) mass is 559 g/mol. The number of phosphoric acid groups is 3. The molecule has 0 aromatic carbocycles. The maximum absolute atomic E-state index is 12.1. The van der Waals surface area contributed by atoms with Crippen LogP contribution in [0.25, 0.3) is 10.9 Å². The highest BCUT2D eigenvalue weighted by Gasteiger charge is 2.58. The van der Waals surface area contributed by atoms with Gasteiger partial charge in [-0.25, -0.2) is 23.7 Å². The lowest BCUT2D eigenvalue weighted by molar-refractivity contribution is -0.0618. The Labute approximate surface area is 193 Å².